The van der Waals surface area contributed by atoms with E-state index in [0.29, 0.717) is 31.7 Å². The molecule has 2 aliphatic rings. The molecule has 4 rings (SSSR count). The summed E-state index contributed by atoms with van der Waals surface area (Å²) in [6.45, 7) is 3.40. The van der Waals surface area contributed by atoms with Gasteiger partial charge in [-0.3, -0.25) is 14.4 Å². The summed E-state index contributed by atoms with van der Waals surface area (Å²) in [5.41, 5.74) is 2.49. The number of likely N-dealkylation sites (tertiary alicyclic amines) is 1. The van der Waals surface area contributed by atoms with Crippen LogP contribution in [0.2, 0.25) is 0 Å². The third kappa shape index (κ3) is 3.19. The number of fused-ring (bicyclic) bond motifs is 1. The average molecular weight is 340 g/mol. The van der Waals surface area contributed by atoms with Crippen LogP contribution >= 0.6 is 0 Å². The average Bonchev–Trinajstić information content (AvgIpc) is 3.20. The SMILES string of the molecule is Cn1nccc1C(=O)N1CCC(O)(CN2CCc3ccccc3C2)C1. The number of nitrogens with zero attached hydrogens (tertiary/aromatic N) is 4. The molecule has 0 radical (unpaired) electrons. The molecule has 1 aromatic carbocycles. The van der Waals surface area contributed by atoms with Crippen molar-refractivity contribution >= 4 is 5.91 Å². The van der Waals surface area contributed by atoms with E-state index >= 15 is 0 Å². The van der Waals surface area contributed by atoms with Gasteiger partial charge in [0.05, 0.1) is 12.1 Å². The monoisotopic (exact) mass is 340 g/mol. The summed E-state index contributed by atoms with van der Waals surface area (Å²) in [5.74, 6) is -0.0556. The maximum absolute atomic E-state index is 12.6. The Labute approximate surface area is 147 Å². The Balaban J connectivity index is 1.41. The second-order valence-corrected chi connectivity index (χ2v) is 7.27. The number of amides is 1. The number of carbonyl (C=O) groups is 1. The summed E-state index contributed by atoms with van der Waals surface area (Å²) in [5, 5.41) is 15.1. The van der Waals surface area contributed by atoms with Crippen LogP contribution < -0.4 is 0 Å². The molecule has 1 N–H and O–H groups in total. The molecule has 1 saturated heterocycles. The van der Waals surface area contributed by atoms with Crippen LogP contribution in [0.1, 0.15) is 28.0 Å². The van der Waals surface area contributed by atoms with E-state index in [0.717, 1.165) is 19.5 Å². The zero-order valence-electron chi connectivity index (χ0n) is 14.6. The van der Waals surface area contributed by atoms with Crippen LogP contribution in [0.15, 0.2) is 36.5 Å². The second kappa shape index (κ2) is 6.28. The van der Waals surface area contributed by atoms with Crippen molar-refractivity contribution < 1.29 is 9.90 Å². The van der Waals surface area contributed by atoms with E-state index in [2.05, 4.69) is 34.3 Å². The molecule has 6 nitrogen and oxygen atoms in total. The van der Waals surface area contributed by atoms with Crippen molar-refractivity contribution in [1.29, 1.82) is 0 Å². The normalized spacial score (nSPS) is 23.7. The predicted molar refractivity (Wildman–Crippen MR) is 94.1 cm³/mol. The number of rotatable bonds is 3. The molecule has 0 spiro atoms. The van der Waals surface area contributed by atoms with Gasteiger partial charge in [0.1, 0.15) is 5.69 Å². The third-order valence-corrected chi connectivity index (χ3v) is 5.39. The molecule has 3 heterocycles. The van der Waals surface area contributed by atoms with Crippen molar-refractivity contribution in [2.45, 2.75) is 25.0 Å². The highest BCUT2D eigenvalue weighted by molar-refractivity contribution is 5.92. The minimum Gasteiger partial charge on any atom is -0.387 e. The number of aryl methyl sites for hydroxylation is 1. The molecule has 0 bridgehead atoms. The van der Waals surface area contributed by atoms with Crippen molar-refractivity contribution in [3.05, 3.63) is 53.3 Å². The summed E-state index contributed by atoms with van der Waals surface area (Å²) in [6, 6.07) is 10.2. The summed E-state index contributed by atoms with van der Waals surface area (Å²) in [4.78, 5) is 16.7. The molecule has 2 aliphatic heterocycles. The standard InChI is InChI=1S/C19H24N4O2/c1-21-17(6-9-20-21)18(24)23-11-8-19(25,14-23)13-22-10-7-15-4-2-3-5-16(15)12-22/h2-6,9,25H,7-8,10-14H2,1H3. The third-order valence-electron chi connectivity index (χ3n) is 5.39. The molecule has 0 aliphatic carbocycles. The van der Waals surface area contributed by atoms with Crippen LogP contribution in [-0.2, 0) is 20.0 Å². The molecule has 1 atom stereocenters. The van der Waals surface area contributed by atoms with Gasteiger partial charge in [0.15, 0.2) is 0 Å². The number of hydrogen-bond acceptors (Lipinski definition) is 4. The minimum atomic E-state index is -0.833. The molecule has 1 amide bonds. The van der Waals surface area contributed by atoms with Gasteiger partial charge in [-0.2, -0.15) is 5.10 Å². The highest BCUT2D eigenvalue weighted by Gasteiger charge is 2.40. The van der Waals surface area contributed by atoms with Crippen LogP contribution in [0.25, 0.3) is 0 Å². The van der Waals surface area contributed by atoms with E-state index in [1.807, 2.05) is 0 Å². The quantitative estimate of drug-likeness (QED) is 0.907. The van der Waals surface area contributed by atoms with Gasteiger partial charge in [-0.25, -0.2) is 0 Å². The fourth-order valence-electron chi connectivity index (χ4n) is 4.01. The summed E-state index contributed by atoms with van der Waals surface area (Å²) < 4.78 is 1.58. The van der Waals surface area contributed by atoms with E-state index < -0.39 is 5.60 Å². The number of β-amino-alcohol motifs (C(OH)–C–C–N with tert-alkyl or cyclic N) is 1. The van der Waals surface area contributed by atoms with Gasteiger partial charge in [0.2, 0.25) is 0 Å². The number of aromatic nitrogens is 2. The topological polar surface area (TPSA) is 61.6 Å². The molecule has 25 heavy (non-hydrogen) atoms. The first kappa shape index (κ1) is 16.3. The Kier molecular flexibility index (Phi) is 4.09. The van der Waals surface area contributed by atoms with Crippen molar-refractivity contribution in [3.63, 3.8) is 0 Å². The van der Waals surface area contributed by atoms with E-state index in [9.17, 15) is 9.90 Å². The number of carbonyl (C=O) groups excluding carboxylic acids is 1. The van der Waals surface area contributed by atoms with E-state index in [1.54, 1.807) is 28.9 Å². The molecular formula is C19H24N4O2. The van der Waals surface area contributed by atoms with Crippen LogP contribution in [0.4, 0.5) is 0 Å². The maximum atomic E-state index is 12.6. The van der Waals surface area contributed by atoms with Crippen molar-refractivity contribution in [1.82, 2.24) is 19.6 Å². The van der Waals surface area contributed by atoms with E-state index in [1.165, 1.54) is 11.1 Å². The zero-order valence-corrected chi connectivity index (χ0v) is 14.6. The minimum absolute atomic E-state index is 0.0556. The molecule has 6 heteroatoms. The molecule has 1 unspecified atom stereocenters. The summed E-state index contributed by atoms with van der Waals surface area (Å²) in [7, 11) is 1.76. The van der Waals surface area contributed by atoms with E-state index in [-0.39, 0.29) is 5.91 Å². The molecule has 0 saturated carbocycles. The first-order valence-corrected chi connectivity index (χ1v) is 8.83. The molecule has 1 fully saturated rings. The van der Waals surface area contributed by atoms with Crippen molar-refractivity contribution in [2.24, 2.45) is 7.05 Å². The van der Waals surface area contributed by atoms with Crippen LogP contribution in [-0.4, -0.2) is 62.4 Å². The van der Waals surface area contributed by atoms with Crippen LogP contribution in [0, 0.1) is 0 Å². The van der Waals surface area contributed by atoms with Gasteiger partial charge in [0, 0.05) is 39.4 Å². The van der Waals surface area contributed by atoms with Gasteiger partial charge < -0.3 is 10.0 Å². The molecule has 1 aromatic heterocycles. The van der Waals surface area contributed by atoms with Crippen LogP contribution in [0.3, 0.4) is 0 Å². The van der Waals surface area contributed by atoms with Gasteiger partial charge >= 0.3 is 0 Å². The Bertz CT molecular complexity index is 787. The Morgan fingerprint density at radius 2 is 2.04 bits per heavy atom. The molecular weight excluding hydrogens is 316 g/mol. The fraction of sp³-hybridized carbons (Fsp3) is 0.474. The first-order valence-electron chi connectivity index (χ1n) is 8.83. The van der Waals surface area contributed by atoms with Gasteiger partial charge in [-0.1, -0.05) is 24.3 Å². The van der Waals surface area contributed by atoms with E-state index in [4.69, 9.17) is 0 Å². The lowest BCUT2D eigenvalue weighted by Crippen LogP contribution is -2.47. The number of benzene rings is 1. The molecule has 132 valence electrons. The highest BCUT2D eigenvalue weighted by Crippen LogP contribution is 2.27. The van der Waals surface area contributed by atoms with Gasteiger partial charge in [-0.05, 0) is 30.0 Å². The molecule has 2 aromatic rings. The Morgan fingerprint density at radius 3 is 2.80 bits per heavy atom. The zero-order chi connectivity index (χ0) is 17.4. The largest absolute Gasteiger partial charge is 0.387 e. The van der Waals surface area contributed by atoms with Crippen LogP contribution in [0.5, 0.6) is 0 Å². The van der Waals surface area contributed by atoms with Crippen molar-refractivity contribution in [2.75, 3.05) is 26.2 Å². The lowest BCUT2D eigenvalue weighted by molar-refractivity contribution is 0.00794. The van der Waals surface area contributed by atoms with Gasteiger partial charge in [0.25, 0.3) is 5.91 Å². The smallest absolute Gasteiger partial charge is 0.272 e. The lowest BCUT2D eigenvalue weighted by atomic mass is 9.97. The summed E-state index contributed by atoms with van der Waals surface area (Å²) >= 11 is 0. The Hall–Kier alpha value is -2.18. The predicted octanol–water partition coefficient (Wildman–Crippen LogP) is 1.06. The first-order chi connectivity index (χ1) is 12.0. The van der Waals surface area contributed by atoms with Gasteiger partial charge in [-0.15, -0.1) is 0 Å². The number of hydrogen-bond donors (Lipinski definition) is 1. The number of aliphatic hydroxyl groups is 1. The second-order valence-electron chi connectivity index (χ2n) is 7.27. The maximum Gasteiger partial charge on any atom is 0.272 e. The van der Waals surface area contributed by atoms with Crippen molar-refractivity contribution in [3.8, 4) is 0 Å². The Morgan fingerprint density at radius 1 is 1.24 bits per heavy atom. The fourth-order valence-corrected chi connectivity index (χ4v) is 4.01. The summed E-state index contributed by atoms with van der Waals surface area (Å²) in [6.07, 6.45) is 3.26. The lowest BCUT2D eigenvalue weighted by Gasteiger charge is -2.34. The highest BCUT2D eigenvalue weighted by atomic mass is 16.3.